The molecule has 0 atom stereocenters. The lowest BCUT2D eigenvalue weighted by atomic mass is 9.81. The Morgan fingerprint density at radius 1 is 1.20 bits per heavy atom. The number of benzene rings is 1. The summed E-state index contributed by atoms with van der Waals surface area (Å²) in [6, 6.07) is 7.56. The third kappa shape index (κ3) is 5.74. The van der Waals surface area contributed by atoms with Gasteiger partial charge in [0.05, 0.1) is 6.61 Å². The smallest absolute Gasteiger partial charge is 0.251 e. The highest BCUT2D eigenvalue weighted by Gasteiger charge is 2.27. The fraction of sp³-hybridized carbons (Fsp3) is 0.588. The molecule has 3 heteroatoms. The van der Waals surface area contributed by atoms with E-state index < -0.39 is 0 Å². The van der Waals surface area contributed by atoms with Gasteiger partial charge in [-0.25, -0.2) is 0 Å². The number of carbonyl (C=O) groups excluding carboxylic acids is 1. The van der Waals surface area contributed by atoms with Crippen LogP contribution >= 0.6 is 0 Å². The number of hydrogen-bond acceptors (Lipinski definition) is 2. The molecule has 0 saturated heterocycles. The summed E-state index contributed by atoms with van der Waals surface area (Å²) >= 11 is 0. The quantitative estimate of drug-likeness (QED) is 0.889. The second-order valence-electron chi connectivity index (χ2n) is 7.21. The number of hydrogen-bond donors (Lipinski definition) is 1. The number of amides is 1. The van der Waals surface area contributed by atoms with Gasteiger partial charge in [-0.05, 0) is 43.4 Å². The highest BCUT2D eigenvalue weighted by atomic mass is 16.5. The van der Waals surface area contributed by atoms with E-state index in [0.29, 0.717) is 12.2 Å². The molecule has 3 nitrogen and oxygen atoms in total. The molecular formula is C17H27NO2. The largest absolute Gasteiger partial charge is 0.380 e. The van der Waals surface area contributed by atoms with Crippen LogP contribution in [0.4, 0.5) is 0 Å². The fourth-order valence-corrected chi connectivity index (χ4v) is 2.72. The van der Waals surface area contributed by atoms with E-state index in [-0.39, 0.29) is 16.9 Å². The maximum Gasteiger partial charge on any atom is 0.251 e. The van der Waals surface area contributed by atoms with E-state index in [2.05, 4.69) is 39.9 Å². The Hall–Kier alpha value is -1.35. The maximum absolute atomic E-state index is 12.4. The van der Waals surface area contributed by atoms with Gasteiger partial charge < -0.3 is 10.1 Å². The molecule has 0 unspecified atom stereocenters. The lowest BCUT2D eigenvalue weighted by molar-refractivity contribution is 0.0891. The topological polar surface area (TPSA) is 38.3 Å². The van der Waals surface area contributed by atoms with Gasteiger partial charge in [0, 0.05) is 18.2 Å². The van der Waals surface area contributed by atoms with Crippen LogP contribution in [0, 0.1) is 5.41 Å². The molecule has 0 aliphatic rings. The molecule has 1 N–H and O–H groups in total. The van der Waals surface area contributed by atoms with Gasteiger partial charge in [0.2, 0.25) is 0 Å². The molecule has 0 aromatic heterocycles. The summed E-state index contributed by atoms with van der Waals surface area (Å²) in [4.78, 5) is 12.4. The minimum absolute atomic E-state index is 0.0304. The molecule has 1 amide bonds. The van der Waals surface area contributed by atoms with E-state index in [4.69, 9.17) is 4.74 Å². The summed E-state index contributed by atoms with van der Waals surface area (Å²) in [6.07, 6.45) is 0.920. The van der Waals surface area contributed by atoms with Crippen molar-refractivity contribution in [2.75, 3.05) is 7.11 Å². The van der Waals surface area contributed by atoms with Crippen molar-refractivity contribution >= 4 is 5.91 Å². The number of ether oxygens (including phenoxy) is 1. The predicted molar refractivity (Wildman–Crippen MR) is 82.8 cm³/mol. The van der Waals surface area contributed by atoms with Gasteiger partial charge in [-0.15, -0.1) is 0 Å². The first-order valence-corrected chi connectivity index (χ1v) is 7.03. The van der Waals surface area contributed by atoms with Crippen LogP contribution in [0.2, 0.25) is 0 Å². The zero-order valence-electron chi connectivity index (χ0n) is 13.5. The highest BCUT2D eigenvalue weighted by molar-refractivity contribution is 5.94. The summed E-state index contributed by atoms with van der Waals surface area (Å²) in [6.45, 7) is 11.2. The summed E-state index contributed by atoms with van der Waals surface area (Å²) in [5, 5.41) is 3.12. The molecule has 0 fully saturated rings. The van der Waals surface area contributed by atoms with Gasteiger partial charge in [-0.3, -0.25) is 4.79 Å². The van der Waals surface area contributed by atoms with E-state index in [0.717, 1.165) is 12.0 Å². The van der Waals surface area contributed by atoms with Crippen LogP contribution in [0.15, 0.2) is 24.3 Å². The van der Waals surface area contributed by atoms with E-state index in [1.165, 1.54) is 0 Å². The summed E-state index contributed by atoms with van der Waals surface area (Å²) in [7, 11) is 1.65. The van der Waals surface area contributed by atoms with Crippen LogP contribution in [-0.2, 0) is 11.3 Å². The lowest BCUT2D eigenvalue weighted by Crippen LogP contribution is -2.45. The Kier molecular flexibility index (Phi) is 5.35. The molecule has 0 saturated carbocycles. The number of carbonyl (C=O) groups is 1. The molecule has 0 bridgehead atoms. The zero-order valence-corrected chi connectivity index (χ0v) is 13.5. The van der Waals surface area contributed by atoms with Gasteiger partial charge in [-0.2, -0.15) is 0 Å². The van der Waals surface area contributed by atoms with Crippen molar-refractivity contribution in [3.8, 4) is 0 Å². The van der Waals surface area contributed by atoms with E-state index in [1.807, 2.05) is 24.3 Å². The number of rotatable bonds is 5. The zero-order chi connectivity index (χ0) is 15.4. The van der Waals surface area contributed by atoms with Crippen LogP contribution in [-0.4, -0.2) is 18.6 Å². The Balaban J connectivity index is 2.78. The van der Waals surface area contributed by atoms with Crippen LogP contribution in [0.25, 0.3) is 0 Å². The molecular weight excluding hydrogens is 250 g/mol. The Labute approximate surface area is 122 Å². The second kappa shape index (κ2) is 6.40. The van der Waals surface area contributed by atoms with E-state index in [1.54, 1.807) is 7.11 Å². The van der Waals surface area contributed by atoms with Gasteiger partial charge >= 0.3 is 0 Å². The molecule has 1 aromatic rings. The molecule has 0 aliphatic heterocycles. The van der Waals surface area contributed by atoms with Gasteiger partial charge in [0.1, 0.15) is 0 Å². The Morgan fingerprint density at radius 3 is 2.40 bits per heavy atom. The van der Waals surface area contributed by atoms with Crippen LogP contribution in [0.5, 0.6) is 0 Å². The van der Waals surface area contributed by atoms with Crippen molar-refractivity contribution in [1.29, 1.82) is 0 Å². The fourth-order valence-electron chi connectivity index (χ4n) is 2.72. The van der Waals surface area contributed by atoms with Crippen molar-refractivity contribution in [2.45, 2.75) is 53.2 Å². The predicted octanol–water partition coefficient (Wildman–Crippen LogP) is 3.78. The monoisotopic (exact) mass is 277 g/mol. The third-order valence-corrected chi connectivity index (χ3v) is 2.92. The Morgan fingerprint density at radius 2 is 1.85 bits per heavy atom. The number of nitrogens with one attached hydrogen (secondary N) is 1. The molecule has 0 radical (unpaired) electrons. The highest BCUT2D eigenvalue weighted by Crippen LogP contribution is 2.27. The molecule has 0 spiro atoms. The first-order chi connectivity index (χ1) is 9.13. The van der Waals surface area contributed by atoms with Crippen molar-refractivity contribution in [1.82, 2.24) is 5.32 Å². The number of methoxy groups -OCH3 is 1. The Bertz CT molecular complexity index is 458. The molecule has 20 heavy (non-hydrogen) atoms. The van der Waals surface area contributed by atoms with E-state index >= 15 is 0 Å². The second-order valence-corrected chi connectivity index (χ2v) is 7.21. The van der Waals surface area contributed by atoms with Gasteiger partial charge in [0.15, 0.2) is 0 Å². The van der Waals surface area contributed by atoms with Gasteiger partial charge in [-0.1, -0.05) is 32.9 Å². The average Bonchev–Trinajstić information content (AvgIpc) is 2.25. The third-order valence-electron chi connectivity index (χ3n) is 2.92. The SMILES string of the molecule is COCc1cccc(C(=O)NC(C)(C)CC(C)(C)C)c1. The van der Waals surface area contributed by atoms with Gasteiger partial charge in [0.25, 0.3) is 5.91 Å². The first kappa shape index (κ1) is 16.7. The normalized spacial score (nSPS) is 12.3. The minimum Gasteiger partial charge on any atom is -0.380 e. The average molecular weight is 277 g/mol. The molecule has 112 valence electrons. The van der Waals surface area contributed by atoms with E-state index in [9.17, 15) is 4.79 Å². The summed E-state index contributed by atoms with van der Waals surface area (Å²) < 4.78 is 5.10. The molecule has 1 aromatic carbocycles. The van der Waals surface area contributed by atoms with Crippen LogP contribution in [0.3, 0.4) is 0 Å². The maximum atomic E-state index is 12.4. The van der Waals surface area contributed by atoms with Crippen LogP contribution < -0.4 is 5.32 Å². The first-order valence-electron chi connectivity index (χ1n) is 7.03. The summed E-state index contributed by atoms with van der Waals surface area (Å²) in [5.74, 6) is -0.0304. The molecule has 1 rings (SSSR count). The summed E-state index contributed by atoms with van der Waals surface area (Å²) in [5.41, 5.74) is 1.64. The van der Waals surface area contributed by atoms with Crippen molar-refractivity contribution in [3.63, 3.8) is 0 Å². The van der Waals surface area contributed by atoms with Crippen molar-refractivity contribution in [3.05, 3.63) is 35.4 Å². The minimum atomic E-state index is -0.230. The van der Waals surface area contributed by atoms with Crippen molar-refractivity contribution in [2.24, 2.45) is 5.41 Å². The molecule has 0 heterocycles. The lowest BCUT2D eigenvalue weighted by Gasteiger charge is -2.33. The molecule has 0 aliphatic carbocycles. The standard InChI is InChI=1S/C17H27NO2/c1-16(2,3)12-17(4,5)18-15(19)14-9-7-8-13(10-14)11-20-6/h7-10H,11-12H2,1-6H3,(H,18,19). The van der Waals surface area contributed by atoms with Crippen LogP contribution in [0.1, 0.15) is 57.0 Å². The van der Waals surface area contributed by atoms with Crippen molar-refractivity contribution < 1.29 is 9.53 Å².